The SMILES string of the molecule is C1=COCN/C=C\OC1. The molecule has 0 aliphatic carbocycles. The molecular formula is C6H9NO2. The second kappa shape index (κ2) is 3.83. The molecular weight excluding hydrogens is 118 g/mol. The Balaban J connectivity index is 2.28. The molecule has 0 radical (unpaired) electrons. The number of hydrogen-bond donors (Lipinski definition) is 1. The molecule has 9 heavy (non-hydrogen) atoms. The van der Waals surface area contributed by atoms with Crippen molar-refractivity contribution >= 4 is 0 Å². The number of hydrogen-bond acceptors (Lipinski definition) is 3. The van der Waals surface area contributed by atoms with Crippen molar-refractivity contribution < 1.29 is 9.47 Å². The van der Waals surface area contributed by atoms with Gasteiger partial charge in [-0.2, -0.15) is 0 Å². The molecule has 0 unspecified atom stereocenters. The minimum absolute atomic E-state index is 0.496. The van der Waals surface area contributed by atoms with Crippen LogP contribution in [0.1, 0.15) is 0 Å². The molecule has 1 aliphatic rings. The van der Waals surface area contributed by atoms with Gasteiger partial charge in [0.1, 0.15) is 6.61 Å². The van der Waals surface area contributed by atoms with Gasteiger partial charge in [-0.25, -0.2) is 0 Å². The van der Waals surface area contributed by atoms with E-state index < -0.39 is 0 Å². The van der Waals surface area contributed by atoms with Gasteiger partial charge in [0.25, 0.3) is 0 Å². The second-order valence-electron chi connectivity index (χ2n) is 1.52. The average Bonchev–Trinajstić information content (AvgIpc) is 2.00. The van der Waals surface area contributed by atoms with E-state index >= 15 is 0 Å². The third-order valence-corrected chi connectivity index (χ3v) is 0.834. The number of nitrogens with one attached hydrogen (secondary N) is 1. The number of ether oxygens (including phenoxy) is 2. The van der Waals surface area contributed by atoms with Gasteiger partial charge in [-0.05, 0) is 6.08 Å². The van der Waals surface area contributed by atoms with Crippen LogP contribution in [0.15, 0.2) is 24.8 Å². The third kappa shape index (κ3) is 2.64. The van der Waals surface area contributed by atoms with Crippen molar-refractivity contribution in [1.29, 1.82) is 0 Å². The minimum Gasteiger partial charge on any atom is -0.496 e. The van der Waals surface area contributed by atoms with E-state index in [9.17, 15) is 0 Å². The molecule has 0 aromatic rings. The van der Waals surface area contributed by atoms with Gasteiger partial charge in [0.2, 0.25) is 0 Å². The van der Waals surface area contributed by atoms with Crippen molar-refractivity contribution in [2.45, 2.75) is 0 Å². The Morgan fingerprint density at radius 2 is 2.22 bits per heavy atom. The molecule has 0 saturated heterocycles. The Labute approximate surface area is 54.0 Å². The predicted octanol–water partition coefficient (Wildman–Crippen LogP) is 0.565. The van der Waals surface area contributed by atoms with Crippen molar-refractivity contribution in [3.05, 3.63) is 24.8 Å². The highest BCUT2D eigenvalue weighted by molar-refractivity contribution is 4.78. The first-order valence-corrected chi connectivity index (χ1v) is 2.77. The van der Waals surface area contributed by atoms with Crippen molar-refractivity contribution in [2.75, 3.05) is 13.3 Å². The zero-order valence-corrected chi connectivity index (χ0v) is 5.04. The molecule has 3 nitrogen and oxygen atoms in total. The zero-order chi connectivity index (χ0) is 6.36. The van der Waals surface area contributed by atoms with E-state index in [0.717, 1.165) is 0 Å². The fourth-order valence-corrected chi connectivity index (χ4v) is 0.459. The van der Waals surface area contributed by atoms with Crippen LogP contribution < -0.4 is 5.32 Å². The smallest absolute Gasteiger partial charge is 0.157 e. The second-order valence-corrected chi connectivity index (χ2v) is 1.52. The molecule has 0 amide bonds. The van der Waals surface area contributed by atoms with Gasteiger partial charge < -0.3 is 14.8 Å². The molecule has 1 N–H and O–H groups in total. The highest BCUT2D eigenvalue weighted by Gasteiger charge is 1.80. The van der Waals surface area contributed by atoms with Crippen molar-refractivity contribution in [3.8, 4) is 0 Å². The zero-order valence-electron chi connectivity index (χ0n) is 5.04. The molecule has 0 aromatic carbocycles. The van der Waals surface area contributed by atoms with Crippen LogP contribution in [0.25, 0.3) is 0 Å². The van der Waals surface area contributed by atoms with Crippen LogP contribution in [0.2, 0.25) is 0 Å². The molecule has 0 bridgehead atoms. The van der Waals surface area contributed by atoms with E-state index in [4.69, 9.17) is 9.47 Å². The Morgan fingerprint density at radius 1 is 1.22 bits per heavy atom. The van der Waals surface area contributed by atoms with E-state index in [1.165, 1.54) is 0 Å². The van der Waals surface area contributed by atoms with Gasteiger partial charge in [-0.1, -0.05) is 0 Å². The van der Waals surface area contributed by atoms with Crippen molar-refractivity contribution in [3.63, 3.8) is 0 Å². The first-order valence-electron chi connectivity index (χ1n) is 2.77. The summed E-state index contributed by atoms with van der Waals surface area (Å²) in [5.41, 5.74) is 0. The molecule has 50 valence electrons. The summed E-state index contributed by atoms with van der Waals surface area (Å²) in [6.45, 7) is 1.06. The Kier molecular flexibility index (Phi) is 2.56. The van der Waals surface area contributed by atoms with E-state index in [1.807, 2.05) is 0 Å². The van der Waals surface area contributed by atoms with Gasteiger partial charge in [-0.3, -0.25) is 0 Å². The lowest BCUT2D eigenvalue weighted by molar-refractivity contribution is 0.236. The van der Waals surface area contributed by atoms with Crippen LogP contribution in [-0.4, -0.2) is 13.3 Å². The highest BCUT2D eigenvalue weighted by Crippen LogP contribution is 1.83. The molecule has 0 fully saturated rings. The van der Waals surface area contributed by atoms with E-state index in [0.29, 0.717) is 13.3 Å². The summed E-state index contributed by atoms with van der Waals surface area (Å²) in [5, 5.41) is 2.85. The highest BCUT2D eigenvalue weighted by atomic mass is 16.5. The summed E-state index contributed by atoms with van der Waals surface area (Å²) in [7, 11) is 0. The van der Waals surface area contributed by atoms with Gasteiger partial charge >= 0.3 is 0 Å². The van der Waals surface area contributed by atoms with Crippen LogP contribution >= 0.6 is 0 Å². The van der Waals surface area contributed by atoms with Crippen LogP contribution in [0.5, 0.6) is 0 Å². The lowest BCUT2D eigenvalue weighted by atomic mass is 10.7. The fourth-order valence-electron chi connectivity index (χ4n) is 0.459. The van der Waals surface area contributed by atoms with E-state index in [1.54, 1.807) is 24.8 Å². The fraction of sp³-hybridized carbons (Fsp3) is 0.333. The lowest BCUT2D eigenvalue weighted by Gasteiger charge is -1.95. The standard InChI is InChI=1S/C6H9NO2/c1-3-8-5-2-7-6-9-4-1/h1-2,4-5,7H,3,6H2/b4-1?,5-2-. The average molecular weight is 127 g/mol. The Hall–Kier alpha value is -1.12. The third-order valence-electron chi connectivity index (χ3n) is 0.834. The normalized spacial score (nSPS) is 21.3. The molecule has 0 aromatic heterocycles. The van der Waals surface area contributed by atoms with Gasteiger partial charge in [-0.15, -0.1) is 0 Å². The largest absolute Gasteiger partial charge is 0.496 e. The first-order chi connectivity index (χ1) is 4.50. The quantitative estimate of drug-likeness (QED) is 0.516. The molecule has 0 atom stereocenters. The summed E-state index contributed by atoms with van der Waals surface area (Å²) in [4.78, 5) is 0. The minimum atomic E-state index is 0.496. The molecule has 0 saturated carbocycles. The summed E-state index contributed by atoms with van der Waals surface area (Å²) in [5.74, 6) is 0. The molecule has 3 heteroatoms. The molecule has 1 rings (SSSR count). The maximum atomic E-state index is 4.94. The molecule has 1 heterocycles. The van der Waals surface area contributed by atoms with Gasteiger partial charge in [0.15, 0.2) is 6.73 Å². The van der Waals surface area contributed by atoms with Crippen LogP contribution in [0.3, 0.4) is 0 Å². The molecule has 0 spiro atoms. The summed E-state index contributed by atoms with van der Waals surface area (Å²) in [6.07, 6.45) is 6.71. The number of rotatable bonds is 0. The Bertz CT molecular complexity index is 106. The van der Waals surface area contributed by atoms with Gasteiger partial charge in [0, 0.05) is 6.20 Å². The monoisotopic (exact) mass is 127 g/mol. The lowest BCUT2D eigenvalue weighted by Crippen LogP contribution is -2.06. The van der Waals surface area contributed by atoms with Crippen molar-refractivity contribution in [1.82, 2.24) is 5.32 Å². The first kappa shape index (κ1) is 6.01. The van der Waals surface area contributed by atoms with Gasteiger partial charge in [0.05, 0.1) is 12.5 Å². The summed E-state index contributed by atoms with van der Waals surface area (Å²) >= 11 is 0. The van der Waals surface area contributed by atoms with E-state index in [2.05, 4.69) is 5.32 Å². The van der Waals surface area contributed by atoms with Crippen LogP contribution in [0, 0.1) is 0 Å². The van der Waals surface area contributed by atoms with Crippen LogP contribution in [0.4, 0.5) is 0 Å². The predicted molar refractivity (Wildman–Crippen MR) is 33.3 cm³/mol. The summed E-state index contributed by atoms with van der Waals surface area (Å²) < 4.78 is 9.88. The molecule has 1 aliphatic heterocycles. The topological polar surface area (TPSA) is 30.5 Å². The summed E-state index contributed by atoms with van der Waals surface area (Å²) in [6, 6.07) is 0. The maximum Gasteiger partial charge on any atom is 0.157 e. The van der Waals surface area contributed by atoms with E-state index in [-0.39, 0.29) is 0 Å². The van der Waals surface area contributed by atoms with Crippen molar-refractivity contribution in [2.24, 2.45) is 0 Å². The maximum absolute atomic E-state index is 4.94. The Morgan fingerprint density at radius 3 is 3.22 bits per heavy atom. The van der Waals surface area contributed by atoms with Crippen LogP contribution in [-0.2, 0) is 9.47 Å².